The van der Waals surface area contributed by atoms with Crippen LogP contribution in [0.25, 0.3) is 0 Å². The van der Waals surface area contributed by atoms with E-state index in [1.165, 1.54) is 0 Å². The molecule has 1 fully saturated rings. The van der Waals surface area contributed by atoms with Crippen LogP contribution < -0.4 is 28.4 Å². The van der Waals surface area contributed by atoms with Crippen LogP contribution in [0.2, 0.25) is 0 Å². The molecule has 1 N–H and O–H groups in total. The third-order valence-corrected chi connectivity index (χ3v) is 7.83. The van der Waals surface area contributed by atoms with Crippen LogP contribution >= 0.6 is 0 Å². The average Bonchev–Trinajstić information content (AvgIpc) is 3.56. The van der Waals surface area contributed by atoms with Gasteiger partial charge in [0.05, 0.1) is 33.5 Å². The molecule has 39 heavy (non-hydrogen) atoms. The van der Waals surface area contributed by atoms with E-state index in [2.05, 4.69) is 13.8 Å². The van der Waals surface area contributed by atoms with Gasteiger partial charge in [-0.25, -0.2) is 0 Å². The Morgan fingerprint density at radius 3 is 1.90 bits per heavy atom. The summed E-state index contributed by atoms with van der Waals surface area (Å²) in [5.41, 5.74) is 2.74. The third-order valence-electron chi connectivity index (χ3n) is 7.83. The van der Waals surface area contributed by atoms with Gasteiger partial charge in [-0.1, -0.05) is 32.0 Å². The fourth-order valence-corrected chi connectivity index (χ4v) is 5.34. The molecule has 6 atom stereocenters. The lowest BCUT2D eigenvalue weighted by molar-refractivity contribution is 0.0284. The maximum Gasteiger partial charge on any atom is 0.231 e. The maximum atomic E-state index is 10.9. The predicted molar refractivity (Wildman–Crippen MR) is 145 cm³/mol. The third kappa shape index (κ3) is 5.18. The lowest BCUT2D eigenvalue weighted by Crippen LogP contribution is -2.22. The summed E-state index contributed by atoms with van der Waals surface area (Å²) in [6.07, 6.45) is -1.63. The van der Waals surface area contributed by atoms with Gasteiger partial charge in [0.25, 0.3) is 0 Å². The topological polar surface area (TPSA) is 84.8 Å². The van der Waals surface area contributed by atoms with Crippen molar-refractivity contribution in [1.29, 1.82) is 0 Å². The normalized spacial score (nSPS) is 23.3. The number of methoxy groups -OCH3 is 3. The van der Waals surface area contributed by atoms with Crippen LogP contribution in [0, 0.1) is 11.8 Å². The molecular weight excluding hydrogens is 500 g/mol. The predicted octanol–water partition coefficient (Wildman–Crippen LogP) is 6.03. The minimum atomic E-state index is -0.870. The van der Waals surface area contributed by atoms with Crippen molar-refractivity contribution in [3.05, 3.63) is 71.3 Å². The fourth-order valence-electron chi connectivity index (χ4n) is 5.34. The zero-order chi connectivity index (χ0) is 27.7. The molecule has 0 spiro atoms. The molecule has 208 valence electrons. The smallest absolute Gasteiger partial charge is 0.231 e. The Morgan fingerprint density at radius 2 is 1.28 bits per heavy atom. The van der Waals surface area contributed by atoms with E-state index in [-0.39, 0.29) is 30.8 Å². The van der Waals surface area contributed by atoms with Gasteiger partial charge in [0.15, 0.2) is 34.5 Å². The Hall–Kier alpha value is -3.62. The molecule has 8 heteroatoms. The van der Waals surface area contributed by atoms with Crippen LogP contribution in [0.15, 0.2) is 54.6 Å². The summed E-state index contributed by atoms with van der Waals surface area (Å²) in [5.74, 6) is 4.31. The maximum absolute atomic E-state index is 10.9. The summed E-state index contributed by atoms with van der Waals surface area (Å²) in [5, 5.41) is 10.9. The Balaban J connectivity index is 1.32. The molecule has 0 saturated carbocycles. The number of aliphatic hydroxyl groups is 1. The van der Waals surface area contributed by atoms with Crippen LogP contribution in [0.1, 0.15) is 55.8 Å². The van der Waals surface area contributed by atoms with E-state index in [0.717, 1.165) is 11.1 Å². The second-order valence-corrected chi connectivity index (χ2v) is 10.1. The highest BCUT2D eigenvalue weighted by atomic mass is 16.7. The minimum absolute atomic E-state index is 0.0939. The molecule has 2 aliphatic heterocycles. The molecule has 8 nitrogen and oxygen atoms in total. The molecule has 0 radical (unpaired) electrons. The van der Waals surface area contributed by atoms with Gasteiger partial charge in [-0.15, -0.1) is 0 Å². The van der Waals surface area contributed by atoms with Crippen LogP contribution in [0.3, 0.4) is 0 Å². The highest BCUT2D eigenvalue weighted by Gasteiger charge is 2.41. The molecule has 0 unspecified atom stereocenters. The van der Waals surface area contributed by atoms with E-state index >= 15 is 0 Å². The first-order valence-corrected chi connectivity index (χ1v) is 13.1. The molecule has 3 aromatic carbocycles. The van der Waals surface area contributed by atoms with Crippen molar-refractivity contribution in [3.63, 3.8) is 0 Å². The monoisotopic (exact) mass is 536 g/mol. The Labute approximate surface area is 229 Å². The Bertz CT molecular complexity index is 1310. The van der Waals surface area contributed by atoms with Crippen molar-refractivity contribution < 1.29 is 38.3 Å². The molecular formula is C31H36O8. The van der Waals surface area contributed by atoms with E-state index in [0.29, 0.717) is 40.1 Å². The van der Waals surface area contributed by atoms with Crippen molar-refractivity contribution in [2.45, 2.75) is 45.2 Å². The molecule has 0 bridgehead atoms. The fraction of sp³-hybridized carbons (Fsp3) is 0.419. The molecule has 0 amide bonds. The van der Waals surface area contributed by atoms with E-state index < -0.39 is 12.2 Å². The summed E-state index contributed by atoms with van der Waals surface area (Å²) in [6.45, 7) is 6.42. The zero-order valence-electron chi connectivity index (χ0n) is 23.2. The van der Waals surface area contributed by atoms with Crippen molar-refractivity contribution in [2.24, 2.45) is 11.8 Å². The first-order valence-electron chi connectivity index (χ1n) is 13.1. The van der Waals surface area contributed by atoms with Crippen LogP contribution in [0.4, 0.5) is 0 Å². The van der Waals surface area contributed by atoms with Gasteiger partial charge in [0, 0.05) is 0 Å². The summed E-state index contributed by atoms with van der Waals surface area (Å²) in [7, 11) is 4.87. The number of hydrogen-bond acceptors (Lipinski definition) is 8. The first-order chi connectivity index (χ1) is 18.8. The SMILES string of the molecule is COc1ccc([C@@H]2O[C@@H](c3ccc(O[C@H](C)[C@@H](O)c4ccc5c(c4)OCO5)c(OC)c3)[C@@H](C)[C@@H]2C)cc1OC. The first kappa shape index (κ1) is 27.0. The number of fused-ring (bicyclic) bond motifs is 1. The van der Waals surface area contributed by atoms with E-state index in [9.17, 15) is 5.11 Å². The van der Waals surface area contributed by atoms with E-state index in [4.69, 9.17) is 33.2 Å². The van der Waals surface area contributed by atoms with Gasteiger partial charge in [-0.3, -0.25) is 0 Å². The van der Waals surface area contributed by atoms with Crippen molar-refractivity contribution in [3.8, 4) is 34.5 Å². The minimum Gasteiger partial charge on any atom is -0.493 e. The summed E-state index contributed by atoms with van der Waals surface area (Å²) < 4.78 is 40.2. The van der Waals surface area contributed by atoms with Crippen molar-refractivity contribution >= 4 is 0 Å². The molecule has 0 aromatic heterocycles. The van der Waals surface area contributed by atoms with Crippen molar-refractivity contribution in [1.82, 2.24) is 0 Å². The molecule has 3 aromatic rings. The quantitative estimate of drug-likeness (QED) is 0.355. The highest BCUT2D eigenvalue weighted by molar-refractivity contribution is 5.47. The zero-order valence-corrected chi connectivity index (χ0v) is 23.2. The van der Waals surface area contributed by atoms with Gasteiger partial charge >= 0.3 is 0 Å². The second kappa shape index (κ2) is 11.2. The van der Waals surface area contributed by atoms with Gasteiger partial charge < -0.3 is 38.3 Å². The summed E-state index contributed by atoms with van der Waals surface area (Å²) in [4.78, 5) is 0. The van der Waals surface area contributed by atoms with Crippen molar-refractivity contribution in [2.75, 3.05) is 28.1 Å². The Morgan fingerprint density at radius 1 is 0.718 bits per heavy atom. The highest BCUT2D eigenvalue weighted by Crippen LogP contribution is 2.51. The van der Waals surface area contributed by atoms with E-state index in [1.54, 1.807) is 33.5 Å². The van der Waals surface area contributed by atoms with E-state index in [1.807, 2.05) is 49.4 Å². The largest absolute Gasteiger partial charge is 0.493 e. The molecule has 1 saturated heterocycles. The Kier molecular flexibility index (Phi) is 7.77. The number of aliphatic hydroxyl groups excluding tert-OH is 1. The molecule has 2 aliphatic rings. The molecule has 5 rings (SSSR count). The van der Waals surface area contributed by atoms with Crippen LogP contribution in [-0.2, 0) is 4.74 Å². The second-order valence-electron chi connectivity index (χ2n) is 10.1. The van der Waals surface area contributed by atoms with Gasteiger partial charge in [-0.05, 0) is 71.8 Å². The average molecular weight is 537 g/mol. The van der Waals surface area contributed by atoms with Crippen LogP contribution in [-0.4, -0.2) is 39.3 Å². The van der Waals surface area contributed by atoms with Crippen LogP contribution in [0.5, 0.6) is 34.5 Å². The standard InChI is InChI=1S/C31H36O8/c1-17-18(2)31(39-30(17)21-8-10-23(33-4)26(14-21)34-5)22-9-12-25(27(15-22)35-6)38-19(3)29(32)20-7-11-24-28(13-20)37-16-36-24/h7-15,17-19,29-32H,16H2,1-6H3/t17-,18-,19+,29+,30+,31+/m0/s1. The number of benzene rings is 3. The van der Waals surface area contributed by atoms with Gasteiger partial charge in [-0.2, -0.15) is 0 Å². The number of hydrogen-bond donors (Lipinski definition) is 1. The summed E-state index contributed by atoms with van der Waals surface area (Å²) >= 11 is 0. The summed E-state index contributed by atoms with van der Waals surface area (Å²) in [6, 6.07) is 17.2. The lowest BCUT2D eigenvalue weighted by Gasteiger charge is -2.23. The number of ether oxygens (including phenoxy) is 7. The van der Waals surface area contributed by atoms with Gasteiger partial charge in [0.2, 0.25) is 6.79 Å². The lowest BCUT2D eigenvalue weighted by atomic mass is 9.85. The number of rotatable bonds is 9. The van der Waals surface area contributed by atoms with Gasteiger partial charge in [0.1, 0.15) is 12.2 Å². The molecule has 0 aliphatic carbocycles. The molecule has 2 heterocycles.